The van der Waals surface area contributed by atoms with E-state index in [2.05, 4.69) is 23.3 Å². The Balaban J connectivity index is 2.01. The molecule has 0 amide bonds. The van der Waals surface area contributed by atoms with Crippen LogP contribution in [0.25, 0.3) is 10.9 Å². The Morgan fingerprint density at radius 3 is 3.00 bits per heavy atom. The molecule has 1 fully saturated rings. The SMILES string of the molecule is Cn1ncc2ccc(CC3(N)CC3)cc21. The number of hydrogen-bond donors (Lipinski definition) is 1. The highest BCUT2D eigenvalue weighted by molar-refractivity contribution is 5.79. The number of hydrogen-bond acceptors (Lipinski definition) is 2. The van der Waals surface area contributed by atoms with Crippen molar-refractivity contribution in [1.82, 2.24) is 9.78 Å². The normalized spacial score (nSPS) is 18.3. The summed E-state index contributed by atoms with van der Waals surface area (Å²) < 4.78 is 1.91. The van der Waals surface area contributed by atoms with Gasteiger partial charge in [0.1, 0.15) is 0 Å². The Bertz CT molecular complexity index is 509. The molecule has 0 radical (unpaired) electrons. The minimum absolute atomic E-state index is 0.0896. The van der Waals surface area contributed by atoms with Crippen molar-refractivity contribution < 1.29 is 0 Å². The number of fused-ring (bicyclic) bond motifs is 1. The summed E-state index contributed by atoms with van der Waals surface area (Å²) in [6.45, 7) is 0. The van der Waals surface area contributed by atoms with Gasteiger partial charge in [0, 0.05) is 18.0 Å². The molecule has 1 aliphatic carbocycles. The molecular formula is C12H15N3. The first-order valence-electron chi connectivity index (χ1n) is 5.36. The molecule has 1 heterocycles. The third-order valence-corrected chi connectivity index (χ3v) is 3.26. The smallest absolute Gasteiger partial charge is 0.0681 e. The van der Waals surface area contributed by atoms with Gasteiger partial charge in [0.15, 0.2) is 0 Å². The summed E-state index contributed by atoms with van der Waals surface area (Å²) >= 11 is 0. The highest BCUT2D eigenvalue weighted by atomic mass is 15.2. The van der Waals surface area contributed by atoms with Gasteiger partial charge in [-0.05, 0) is 30.9 Å². The van der Waals surface area contributed by atoms with Crippen molar-refractivity contribution in [2.75, 3.05) is 0 Å². The molecule has 3 heteroatoms. The molecule has 0 atom stereocenters. The summed E-state index contributed by atoms with van der Waals surface area (Å²) in [4.78, 5) is 0. The summed E-state index contributed by atoms with van der Waals surface area (Å²) in [5.74, 6) is 0. The van der Waals surface area contributed by atoms with Gasteiger partial charge in [-0.15, -0.1) is 0 Å². The average Bonchev–Trinajstić information content (AvgIpc) is 2.82. The highest BCUT2D eigenvalue weighted by Crippen LogP contribution is 2.35. The zero-order chi connectivity index (χ0) is 10.5. The van der Waals surface area contributed by atoms with Gasteiger partial charge in [-0.2, -0.15) is 5.10 Å². The summed E-state index contributed by atoms with van der Waals surface area (Å²) in [5, 5.41) is 5.43. The molecule has 1 aromatic heterocycles. The van der Waals surface area contributed by atoms with Crippen LogP contribution in [0, 0.1) is 0 Å². The number of benzene rings is 1. The quantitative estimate of drug-likeness (QED) is 0.802. The molecule has 1 aromatic carbocycles. The molecule has 2 N–H and O–H groups in total. The average molecular weight is 201 g/mol. The summed E-state index contributed by atoms with van der Waals surface area (Å²) in [5.41, 5.74) is 8.72. The van der Waals surface area contributed by atoms with Gasteiger partial charge in [0.25, 0.3) is 0 Å². The van der Waals surface area contributed by atoms with Gasteiger partial charge in [-0.3, -0.25) is 4.68 Å². The highest BCUT2D eigenvalue weighted by Gasteiger charge is 2.37. The lowest BCUT2D eigenvalue weighted by atomic mass is 10.0. The van der Waals surface area contributed by atoms with E-state index in [0.29, 0.717) is 0 Å². The van der Waals surface area contributed by atoms with Crippen LogP contribution in [0.15, 0.2) is 24.4 Å². The van der Waals surface area contributed by atoms with Crippen LogP contribution in [0.3, 0.4) is 0 Å². The predicted molar refractivity (Wildman–Crippen MR) is 60.6 cm³/mol. The first kappa shape index (κ1) is 8.92. The summed E-state index contributed by atoms with van der Waals surface area (Å²) in [7, 11) is 1.97. The summed E-state index contributed by atoms with van der Waals surface area (Å²) in [6, 6.07) is 6.50. The van der Waals surface area contributed by atoms with E-state index in [1.165, 1.54) is 16.5 Å². The molecule has 1 saturated carbocycles. The fourth-order valence-corrected chi connectivity index (χ4v) is 2.04. The maximum atomic E-state index is 6.11. The second kappa shape index (κ2) is 2.83. The van der Waals surface area contributed by atoms with Crippen molar-refractivity contribution in [2.45, 2.75) is 24.8 Å². The number of aromatic nitrogens is 2. The Morgan fingerprint density at radius 1 is 1.47 bits per heavy atom. The van der Waals surface area contributed by atoms with Crippen LogP contribution in [-0.4, -0.2) is 15.3 Å². The van der Waals surface area contributed by atoms with Crippen molar-refractivity contribution in [1.29, 1.82) is 0 Å². The molecule has 0 unspecified atom stereocenters. The van der Waals surface area contributed by atoms with Crippen LogP contribution in [0.4, 0.5) is 0 Å². The molecule has 3 rings (SSSR count). The van der Waals surface area contributed by atoms with Crippen molar-refractivity contribution in [2.24, 2.45) is 12.8 Å². The van der Waals surface area contributed by atoms with Crippen LogP contribution in [0.2, 0.25) is 0 Å². The number of nitrogens with two attached hydrogens (primary N) is 1. The van der Waals surface area contributed by atoms with Crippen LogP contribution in [-0.2, 0) is 13.5 Å². The van der Waals surface area contributed by atoms with Crippen molar-refractivity contribution in [3.05, 3.63) is 30.0 Å². The van der Waals surface area contributed by atoms with E-state index in [1.807, 2.05) is 17.9 Å². The Kier molecular flexibility index (Phi) is 1.68. The lowest BCUT2D eigenvalue weighted by molar-refractivity contribution is 0.672. The van der Waals surface area contributed by atoms with Gasteiger partial charge in [-0.1, -0.05) is 12.1 Å². The topological polar surface area (TPSA) is 43.8 Å². The lowest BCUT2D eigenvalue weighted by Crippen LogP contribution is -2.24. The van der Waals surface area contributed by atoms with E-state index in [-0.39, 0.29) is 5.54 Å². The largest absolute Gasteiger partial charge is 0.325 e. The van der Waals surface area contributed by atoms with E-state index in [9.17, 15) is 0 Å². The van der Waals surface area contributed by atoms with Crippen LogP contribution >= 0.6 is 0 Å². The van der Waals surface area contributed by atoms with E-state index >= 15 is 0 Å². The molecule has 2 aromatic rings. The zero-order valence-corrected chi connectivity index (χ0v) is 8.90. The standard InChI is InChI=1S/C12H15N3/c1-15-11-6-9(7-12(13)4-5-12)2-3-10(11)8-14-15/h2-3,6,8H,4-5,7,13H2,1H3. The molecule has 0 bridgehead atoms. The van der Waals surface area contributed by atoms with Gasteiger partial charge >= 0.3 is 0 Å². The van der Waals surface area contributed by atoms with Gasteiger partial charge in [0.2, 0.25) is 0 Å². The van der Waals surface area contributed by atoms with E-state index in [0.717, 1.165) is 19.3 Å². The number of aryl methyl sites for hydroxylation is 1. The maximum absolute atomic E-state index is 6.11. The molecule has 15 heavy (non-hydrogen) atoms. The Labute approximate surface area is 88.9 Å². The second-order valence-electron chi connectivity index (χ2n) is 4.70. The van der Waals surface area contributed by atoms with E-state index in [1.54, 1.807) is 0 Å². The Hall–Kier alpha value is -1.35. The summed E-state index contributed by atoms with van der Waals surface area (Å²) in [6.07, 6.45) is 5.22. The molecular weight excluding hydrogens is 186 g/mol. The molecule has 0 spiro atoms. The molecule has 0 saturated heterocycles. The van der Waals surface area contributed by atoms with Crippen molar-refractivity contribution in [3.63, 3.8) is 0 Å². The molecule has 0 aliphatic heterocycles. The molecule has 1 aliphatic rings. The van der Waals surface area contributed by atoms with Crippen LogP contribution in [0.5, 0.6) is 0 Å². The molecule has 78 valence electrons. The van der Waals surface area contributed by atoms with Gasteiger partial charge < -0.3 is 5.73 Å². The number of rotatable bonds is 2. The monoisotopic (exact) mass is 201 g/mol. The minimum Gasteiger partial charge on any atom is -0.325 e. The van der Waals surface area contributed by atoms with E-state index < -0.39 is 0 Å². The van der Waals surface area contributed by atoms with E-state index in [4.69, 9.17) is 5.73 Å². The molecule has 3 nitrogen and oxygen atoms in total. The fraction of sp³-hybridized carbons (Fsp3) is 0.417. The van der Waals surface area contributed by atoms with Crippen LogP contribution in [0.1, 0.15) is 18.4 Å². The van der Waals surface area contributed by atoms with Crippen molar-refractivity contribution in [3.8, 4) is 0 Å². The number of nitrogens with zero attached hydrogens (tertiary/aromatic N) is 2. The minimum atomic E-state index is 0.0896. The zero-order valence-electron chi connectivity index (χ0n) is 8.90. The third-order valence-electron chi connectivity index (χ3n) is 3.26. The third kappa shape index (κ3) is 1.53. The lowest BCUT2D eigenvalue weighted by Gasteiger charge is -2.08. The Morgan fingerprint density at radius 2 is 2.27 bits per heavy atom. The van der Waals surface area contributed by atoms with Crippen molar-refractivity contribution >= 4 is 10.9 Å². The predicted octanol–water partition coefficient (Wildman–Crippen LogP) is 1.61. The van der Waals surface area contributed by atoms with Crippen LogP contribution < -0.4 is 5.73 Å². The first-order valence-corrected chi connectivity index (χ1v) is 5.36. The van der Waals surface area contributed by atoms with Gasteiger partial charge in [0.05, 0.1) is 11.7 Å². The first-order chi connectivity index (χ1) is 7.16. The maximum Gasteiger partial charge on any atom is 0.0681 e. The fourth-order valence-electron chi connectivity index (χ4n) is 2.04. The second-order valence-corrected chi connectivity index (χ2v) is 4.70. The van der Waals surface area contributed by atoms with Gasteiger partial charge in [-0.25, -0.2) is 0 Å².